The lowest BCUT2D eigenvalue weighted by Gasteiger charge is -2.17. The number of rotatable bonds is 4. The van der Waals surface area contributed by atoms with E-state index in [-0.39, 0.29) is 0 Å². The van der Waals surface area contributed by atoms with Gasteiger partial charge in [0.1, 0.15) is 0 Å². The summed E-state index contributed by atoms with van der Waals surface area (Å²) in [5.41, 5.74) is 8.48. The van der Waals surface area contributed by atoms with Crippen molar-refractivity contribution < 1.29 is 0 Å². The van der Waals surface area contributed by atoms with Crippen LogP contribution in [-0.4, -0.2) is 28.2 Å². The van der Waals surface area contributed by atoms with Crippen LogP contribution in [0.1, 0.15) is 5.69 Å². The molecule has 2 heterocycles. The van der Waals surface area contributed by atoms with Crippen molar-refractivity contribution in [2.24, 2.45) is 5.73 Å². The first-order valence-electron chi connectivity index (χ1n) is 6.62. The van der Waals surface area contributed by atoms with Gasteiger partial charge in [-0.1, -0.05) is 18.2 Å². The van der Waals surface area contributed by atoms with Crippen LogP contribution in [0.4, 0.5) is 11.5 Å². The van der Waals surface area contributed by atoms with Crippen molar-refractivity contribution in [3.8, 4) is 0 Å². The summed E-state index contributed by atoms with van der Waals surface area (Å²) in [4.78, 5) is 6.52. The second kappa shape index (κ2) is 5.30. The van der Waals surface area contributed by atoms with Crippen molar-refractivity contribution >= 4 is 17.2 Å². The number of nitrogens with two attached hydrogens (primary N) is 1. The third-order valence-corrected chi connectivity index (χ3v) is 3.24. The lowest BCUT2D eigenvalue weighted by atomic mass is 10.3. The number of benzene rings is 1. The van der Waals surface area contributed by atoms with Crippen molar-refractivity contribution in [2.45, 2.75) is 6.42 Å². The highest BCUT2D eigenvalue weighted by Crippen LogP contribution is 2.21. The van der Waals surface area contributed by atoms with E-state index in [0.29, 0.717) is 6.54 Å². The molecule has 0 saturated carbocycles. The first-order valence-corrected chi connectivity index (χ1v) is 6.62. The van der Waals surface area contributed by atoms with Gasteiger partial charge in [-0.3, -0.25) is 0 Å². The average Bonchev–Trinajstić information content (AvgIpc) is 2.89. The molecule has 2 N–H and O–H groups in total. The zero-order valence-corrected chi connectivity index (χ0v) is 11.4. The molecule has 0 aliphatic rings. The predicted octanol–water partition coefficient (Wildman–Crippen LogP) is 2.00. The van der Waals surface area contributed by atoms with Crippen molar-refractivity contribution in [1.29, 1.82) is 0 Å². The smallest absolute Gasteiger partial charge is 0.153 e. The maximum absolute atomic E-state index is 5.56. The zero-order chi connectivity index (χ0) is 13.9. The Balaban J connectivity index is 1.96. The van der Waals surface area contributed by atoms with E-state index < -0.39 is 0 Å². The normalized spacial score (nSPS) is 10.9. The monoisotopic (exact) mass is 267 g/mol. The maximum atomic E-state index is 5.56. The van der Waals surface area contributed by atoms with Crippen LogP contribution >= 0.6 is 0 Å². The van der Waals surface area contributed by atoms with E-state index in [2.05, 4.69) is 22.2 Å². The van der Waals surface area contributed by atoms with E-state index >= 15 is 0 Å². The molecule has 0 amide bonds. The Morgan fingerprint density at radius 1 is 1.15 bits per heavy atom. The van der Waals surface area contributed by atoms with E-state index in [1.54, 1.807) is 4.52 Å². The van der Waals surface area contributed by atoms with Crippen molar-refractivity contribution in [2.75, 3.05) is 18.5 Å². The van der Waals surface area contributed by atoms with Gasteiger partial charge in [0.05, 0.1) is 11.9 Å². The fraction of sp³-hybridized carbons (Fsp3) is 0.200. The minimum atomic E-state index is 0.598. The molecule has 5 heteroatoms. The summed E-state index contributed by atoms with van der Waals surface area (Å²) in [6.07, 6.45) is 2.71. The van der Waals surface area contributed by atoms with Gasteiger partial charge >= 0.3 is 0 Å². The summed E-state index contributed by atoms with van der Waals surface area (Å²) in [5.74, 6) is 0.875. The molecule has 1 aromatic carbocycles. The molecule has 2 aromatic heterocycles. The molecular formula is C15H17N5. The van der Waals surface area contributed by atoms with Crippen molar-refractivity contribution in [3.63, 3.8) is 0 Å². The van der Waals surface area contributed by atoms with Crippen LogP contribution in [0.3, 0.4) is 0 Å². The van der Waals surface area contributed by atoms with Gasteiger partial charge < -0.3 is 10.6 Å². The molecule has 0 saturated heterocycles. The quantitative estimate of drug-likeness (QED) is 0.785. The fourth-order valence-corrected chi connectivity index (χ4v) is 2.15. The topological polar surface area (TPSA) is 59.5 Å². The number of nitrogens with zero attached hydrogens (tertiary/aromatic N) is 4. The molecule has 0 bridgehead atoms. The van der Waals surface area contributed by atoms with Crippen LogP contribution in [0.2, 0.25) is 0 Å². The highest BCUT2D eigenvalue weighted by Gasteiger charge is 2.07. The minimum absolute atomic E-state index is 0.598. The molecule has 0 fully saturated rings. The summed E-state index contributed by atoms with van der Waals surface area (Å²) in [6, 6.07) is 14.1. The Bertz CT molecular complexity index is 705. The van der Waals surface area contributed by atoms with Crippen LogP contribution in [-0.2, 0) is 6.42 Å². The largest absolute Gasteiger partial charge is 0.330 e. The number of aromatic nitrogens is 3. The first kappa shape index (κ1) is 12.6. The van der Waals surface area contributed by atoms with E-state index in [1.807, 2.05) is 48.5 Å². The molecule has 0 unspecified atom stereocenters. The molecule has 0 atom stereocenters. The van der Waals surface area contributed by atoms with E-state index in [4.69, 9.17) is 5.73 Å². The van der Waals surface area contributed by atoms with Crippen molar-refractivity contribution in [1.82, 2.24) is 14.6 Å². The summed E-state index contributed by atoms with van der Waals surface area (Å²) < 4.78 is 1.81. The lowest BCUT2D eigenvalue weighted by molar-refractivity contribution is 0.902. The Morgan fingerprint density at radius 2 is 1.95 bits per heavy atom. The van der Waals surface area contributed by atoms with E-state index in [0.717, 1.165) is 29.3 Å². The number of imidazole rings is 1. The zero-order valence-electron chi connectivity index (χ0n) is 11.4. The van der Waals surface area contributed by atoms with Crippen LogP contribution < -0.4 is 10.6 Å². The third-order valence-electron chi connectivity index (χ3n) is 3.24. The summed E-state index contributed by atoms with van der Waals surface area (Å²) in [5, 5.41) is 4.59. The van der Waals surface area contributed by atoms with E-state index in [9.17, 15) is 0 Å². The van der Waals surface area contributed by atoms with Gasteiger partial charge in [0.2, 0.25) is 0 Å². The average molecular weight is 267 g/mol. The second-order valence-electron chi connectivity index (χ2n) is 4.66. The Hall–Kier alpha value is -2.40. The molecule has 0 aliphatic carbocycles. The maximum Gasteiger partial charge on any atom is 0.153 e. The second-order valence-corrected chi connectivity index (χ2v) is 4.66. The molecule has 3 aromatic rings. The molecular weight excluding hydrogens is 250 g/mol. The fourth-order valence-electron chi connectivity index (χ4n) is 2.15. The Labute approximate surface area is 117 Å². The third kappa shape index (κ3) is 2.35. The van der Waals surface area contributed by atoms with Gasteiger partial charge in [0.15, 0.2) is 11.5 Å². The number of para-hydroxylation sites is 1. The molecule has 20 heavy (non-hydrogen) atoms. The summed E-state index contributed by atoms with van der Waals surface area (Å²) >= 11 is 0. The predicted molar refractivity (Wildman–Crippen MR) is 80.3 cm³/mol. The van der Waals surface area contributed by atoms with Crippen molar-refractivity contribution in [3.05, 3.63) is 54.4 Å². The Morgan fingerprint density at radius 3 is 2.70 bits per heavy atom. The molecule has 0 radical (unpaired) electrons. The molecule has 5 nitrogen and oxygen atoms in total. The summed E-state index contributed by atoms with van der Waals surface area (Å²) in [6.45, 7) is 0.598. The molecule has 3 rings (SSSR count). The Kier molecular flexibility index (Phi) is 3.35. The minimum Gasteiger partial charge on any atom is -0.330 e. The summed E-state index contributed by atoms with van der Waals surface area (Å²) in [7, 11) is 2.00. The SMILES string of the molecule is CN(c1ccccc1)c1ccc2nc(CCN)cn2n1. The highest BCUT2D eigenvalue weighted by molar-refractivity contribution is 5.59. The van der Waals surface area contributed by atoms with Gasteiger partial charge in [-0.2, -0.15) is 0 Å². The van der Waals surface area contributed by atoms with Gasteiger partial charge in [-0.15, -0.1) is 5.10 Å². The van der Waals surface area contributed by atoms with Gasteiger partial charge in [0, 0.05) is 19.2 Å². The van der Waals surface area contributed by atoms with Gasteiger partial charge in [-0.25, -0.2) is 9.50 Å². The number of fused-ring (bicyclic) bond motifs is 1. The number of hydrogen-bond acceptors (Lipinski definition) is 4. The molecule has 102 valence electrons. The first-order chi connectivity index (χ1) is 9.78. The number of anilines is 2. The van der Waals surface area contributed by atoms with Gasteiger partial charge in [0.25, 0.3) is 0 Å². The van der Waals surface area contributed by atoms with E-state index in [1.165, 1.54) is 0 Å². The van der Waals surface area contributed by atoms with Crippen LogP contribution in [0.25, 0.3) is 5.65 Å². The molecule has 0 spiro atoms. The van der Waals surface area contributed by atoms with Crippen LogP contribution in [0, 0.1) is 0 Å². The number of hydrogen-bond donors (Lipinski definition) is 1. The van der Waals surface area contributed by atoms with Gasteiger partial charge in [-0.05, 0) is 30.8 Å². The van der Waals surface area contributed by atoms with Crippen LogP contribution in [0.15, 0.2) is 48.7 Å². The van der Waals surface area contributed by atoms with Crippen LogP contribution in [0.5, 0.6) is 0 Å². The molecule has 0 aliphatic heterocycles. The lowest BCUT2D eigenvalue weighted by Crippen LogP contribution is -2.12. The standard InChI is InChI=1S/C15H17N5/c1-19(13-5-3-2-4-6-13)15-8-7-14-17-12(9-10-16)11-20(14)18-15/h2-8,11H,9-10,16H2,1H3. The highest BCUT2D eigenvalue weighted by atomic mass is 15.3.